The molecule has 2 N–H and O–H groups in total. The fourth-order valence-electron chi connectivity index (χ4n) is 1.27. The Morgan fingerprint density at radius 1 is 1.40 bits per heavy atom. The molecule has 5 heteroatoms. The molecule has 0 aliphatic rings. The molecule has 15 heavy (non-hydrogen) atoms. The minimum absolute atomic E-state index is 0. The predicted octanol–water partition coefficient (Wildman–Crippen LogP) is -2.47. The van der Waals surface area contributed by atoms with Gasteiger partial charge in [0.1, 0.15) is 0 Å². The molecular formula is C10H11Cl2NO2-2. The van der Waals surface area contributed by atoms with Crippen LogP contribution in [0.5, 0.6) is 0 Å². The van der Waals surface area contributed by atoms with E-state index in [2.05, 4.69) is 0 Å². The normalized spacial score (nSPS) is 11.6. The van der Waals surface area contributed by atoms with E-state index in [1.807, 2.05) is 0 Å². The van der Waals surface area contributed by atoms with Crippen molar-refractivity contribution >= 4 is 17.6 Å². The summed E-state index contributed by atoms with van der Waals surface area (Å²) < 4.78 is 0. The van der Waals surface area contributed by atoms with E-state index in [1.54, 1.807) is 24.3 Å². The number of carboxylic acid groups (broad SMARTS) is 1. The van der Waals surface area contributed by atoms with Crippen LogP contribution in [-0.2, 0) is 4.79 Å². The number of carbonyl (C=O) groups excluding carboxylic acids is 1. The number of hydrogen-bond donors (Lipinski definition) is 1. The summed E-state index contributed by atoms with van der Waals surface area (Å²) in [6.07, 6.45) is -0.0574. The number of hydrogen-bond acceptors (Lipinski definition) is 3. The van der Waals surface area contributed by atoms with E-state index in [4.69, 9.17) is 17.3 Å². The Bertz CT molecular complexity index is 314. The highest BCUT2D eigenvalue weighted by Crippen LogP contribution is 2.20. The first-order chi connectivity index (χ1) is 6.63. The molecule has 1 unspecified atom stereocenters. The largest absolute Gasteiger partial charge is 1.00 e. The van der Waals surface area contributed by atoms with Crippen molar-refractivity contribution in [1.82, 2.24) is 0 Å². The van der Waals surface area contributed by atoms with Gasteiger partial charge in [0.15, 0.2) is 0 Å². The average Bonchev–Trinajstić information content (AvgIpc) is 2.15. The van der Waals surface area contributed by atoms with Gasteiger partial charge < -0.3 is 28.0 Å². The summed E-state index contributed by atoms with van der Waals surface area (Å²) in [7, 11) is 0. The van der Waals surface area contributed by atoms with Crippen molar-refractivity contribution in [2.24, 2.45) is 5.73 Å². The molecule has 0 spiro atoms. The summed E-state index contributed by atoms with van der Waals surface area (Å²) in [5, 5.41) is 11.0. The molecule has 0 radical (unpaired) electrons. The molecule has 0 aliphatic heterocycles. The fourth-order valence-corrected chi connectivity index (χ4v) is 1.40. The number of halogens is 2. The zero-order chi connectivity index (χ0) is 10.6. The molecule has 1 aromatic carbocycles. The zero-order valence-electron chi connectivity index (χ0n) is 7.95. The van der Waals surface area contributed by atoms with Crippen molar-refractivity contribution in [2.45, 2.75) is 12.3 Å². The maximum absolute atomic E-state index is 10.4. The second-order valence-electron chi connectivity index (χ2n) is 3.06. The number of carbonyl (C=O) groups is 1. The standard InChI is InChI=1S/C10H12ClNO2.ClH/c11-9-3-1-7(2-4-9)8(6-12)5-10(13)14;/h1-4,8H,5-6,12H2,(H,13,14);1H/p-2. The second-order valence-corrected chi connectivity index (χ2v) is 3.50. The van der Waals surface area contributed by atoms with Crippen LogP contribution in [0.15, 0.2) is 24.3 Å². The lowest BCUT2D eigenvalue weighted by molar-refractivity contribution is -0.306. The third-order valence-corrected chi connectivity index (χ3v) is 2.29. The summed E-state index contributed by atoms with van der Waals surface area (Å²) >= 11 is 5.71. The van der Waals surface area contributed by atoms with E-state index in [0.29, 0.717) is 5.02 Å². The maximum atomic E-state index is 10.4. The van der Waals surface area contributed by atoms with Gasteiger partial charge in [-0.05, 0) is 30.7 Å². The predicted molar refractivity (Wildman–Crippen MR) is 52.9 cm³/mol. The lowest BCUT2D eigenvalue weighted by atomic mass is 9.96. The highest BCUT2D eigenvalue weighted by atomic mass is 35.5. The van der Waals surface area contributed by atoms with Crippen LogP contribution < -0.4 is 23.2 Å². The molecule has 0 saturated heterocycles. The topological polar surface area (TPSA) is 66.2 Å². The van der Waals surface area contributed by atoms with Crippen molar-refractivity contribution < 1.29 is 22.3 Å². The van der Waals surface area contributed by atoms with Crippen molar-refractivity contribution in [2.75, 3.05) is 6.54 Å². The first-order valence-electron chi connectivity index (χ1n) is 4.29. The number of nitrogens with two attached hydrogens (primary N) is 1. The first kappa shape index (κ1) is 14.2. The van der Waals surface area contributed by atoms with E-state index in [1.165, 1.54) is 0 Å². The van der Waals surface area contributed by atoms with E-state index in [-0.39, 0.29) is 31.3 Å². The SMILES string of the molecule is NCC(CC(=O)[O-])c1ccc(Cl)cc1.[Cl-]. The van der Waals surface area contributed by atoms with Crippen LogP contribution >= 0.6 is 11.6 Å². The lowest BCUT2D eigenvalue weighted by Gasteiger charge is -2.15. The Labute approximate surface area is 99.6 Å². The van der Waals surface area contributed by atoms with Crippen molar-refractivity contribution in [3.63, 3.8) is 0 Å². The zero-order valence-corrected chi connectivity index (χ0v) is 9.46. The molecule has 1 aromatic rings. The smallest absolute Gasteiger partial charge is 0.0420 e. The van der Waals surface area contributed by atoms with E-state index in [9.17, 15) is 9.90 Å². The van der Waals surface area contributed by atoms with Gasteiger partial charge in [-0.1, -0.05) is 23.7 Å². The molecule has 0 saturated carbocycles. The lowest BCUT2D eigenvalue weighted by Crippen LogP contribution is -3.00. The van der Waals surface area contributed by atoms with Crippen LogP contribution in [0.4, 0.5) is 0 Å². The Balaban J connectivity index is 0.00000196. The average molecular weight is 248 g/mol. The molecule has 0 aromatic heterocycles. The molecule has 0 amide bonds. The Morgan fingerprint density at radius 3 is 2.33 bits per heavy atom. The van der Waals surface area contributed by atoms with Gasteiger partial charge in [-0.25, -0.2) is 0 Å². The quantitative estimate of drug-likeness (QED) is 0.642. The molecule has 1 rings (SSSR count). The van der Waals surface area contributed by atoms with Gasteiger partial charge in [0, 0.05) is 16.9 Å². The van der Waals surface area contributed by atoms with E-state index < -0.39 is 5.97 Å². The maximum Gasteiger partial charge on any atom is 0.0420 e. The van der Waals surface area contributed by atoms with Gasteiger partial charge in [0.05, 0.1) is 0 Å². The van der Waals surface area contributed by atoms with Gasteiger partial charge in [-0.15, -0.1) is 0 Å². The molecule has 0 fully saturated rings. The van der Waals surface area contributed by atoms with Crippen LogP contribution in [0.1, 0.15) is 17.9 Å². The monoisotopic (exact) mass is 247 g/mol. The highest BCUT2D eigenvalue weighted by molar-refractivity contribution is 6.30. The third kappa shape index (κ3) is 4.51. The van der Waals surface area contributed by atoms with Gasteiger partial charge in [-0.2, -0.15) is 0 Å². The molecule has 1 atom stereocenters. The minimum atomic E-state index is -1.09. The number of aliphatic carboxylic acids is 1. The summed E-state index contributed by atoms with van der Waals surface area (Å²) in [4.78, 5) is 10.4. The van der Waals surface area contributed by atoms with Crippen LogP contribution in [0, 0.1) is 0 Å². The Morgan fingerprint density at radius 2 is 1.93 bits per heavy atom. The summed E-state index contributed by atoms with van der Waals surface area (Å²) in [6.45, 7) is 0.287. The van der Waals surface area contributed by atoms with Gasteiger partial charge in [0.2, 0.25) is 0 Å². The summed E-state index contributed by atoms with van der Waals surface area (Å²) in [5.41, 5.74) is 6.34. The Kier molecular flexibility index (Phi) is 6.32. The van der Waals surface area contributed by atoms with Gasteiger partial charge >= 0.3 is 0 Å². The number of carboxylic acids is 1. The second kappa shape index (κ2) is 6.67. The van der Waals surface area contributed by atoms with Gasteiger partial charge in [0.25, 0.3) is 0 Å². The first-order valence-corrected chi connectivity index (χ1v) is 4.66. The van der Waals surface area contributed by atoms with Crippen LogP contribution in [0.2, 0.25) is 5.02 Å². The van der Waals surface area contributed by atoms with E-state index in [0.717, 1.165) is 5.56 Å². The number of benzene rings is 1. The molecule has 84 valence electrons. The third-order valence-electron chi connectivity index (χ3n) is 2.04. The molecule has 0 bridgehead atoms. The molecule has 0 aliphatic carbocycles. The molecular weight excluding hydrogens is 237 g/mol. The van der Waals surface area contributed by atoms with Crippen molar-refractivity contribution in [3.05, 3.63) is 34.9 Å². The van der Waals surface area contributed by atoms with Crippen molar-refractivity contribution in [1.29, 1.82) is 0 Å². The van der Waals surface area contributed by atoms with Crippen LogP contribution in [0.25, 0.3) is 0 Å². The summed E-state index contributed by atoms with van der Waals surface area (Å²) in [5.74, 6) is -1.28. The van der Waals surface area contributed by atoms with Crippen molar-refractivity contribution in [3.8, 4) is 0 Å². The Hall–Kier alpha value is -0.770. The summed E-state index contributed by atoms with van der Waals surface area (Å²) in [6, 6.07) is 7.00. The molecule has 3 nitrogen and oxygen atoms in total. The van der Waals surface area contributed by atoms with Gasteiger partial charge in [-0.3, -0.25) is 0 Å². The minimum Gasteiger partial charge on any atom is -1.00 e. The number of rotatable bonds is 4. The fraction of sp³-hybridized carbons (Fsp3) is 0.300. The highest BCUT2D eigenvalue weighted by Gasteiger charge is 2.09. The van der Waals surface area contributed by atoms with Crippen LogP contribution in [-0.4, -0.2) is 12.5 Å². The van der Waals surface area contributed by atoms with Crippen LogP contribution in [0.3, 0.4) is 0 Å². The van der Waals surface area contributed by atoms with E-state index >= 15 is 0 Å². The molecule has 0 heterocycles.